The van der Waals surface area contributed by atoms with Gasteiger partial charge in [-0.05, 0) is 18.4 Å². The monoisotopic (exact) mass is 481 g/mol. The van der Waals surface area contributed by atoms with Gasteiger partial charge in [0.25, 0.3) is 5.91 Å². The smallest absolute Gasteiger partial charge is 0.408 e. The number of halogens is 1. The number of hydrogen-bond donors (Lipinski definition) is 3. The summed E-state index contributed by atoms with van der Waals surface area (Å²) >= 11 is 0. The maximum atomic E-state index is 13.3. The average molecular weight is 481 g/mol. The van der Waals surface area contributed by atoms with Crippen LogP contribution in [0, 0.1) is 5.92 Å². The molecule has 12 heteroatoms. The van der Waals surface area contributed by atoms with Crippen LogP contribution in [0.2, 0.25) is 0 Å². The van der Waals surface area contributed by atoms with Gasteiger partial charge in [-0.2, -0.15) is 0 Å². The number of nitrogens with zero attached hydrogens (tertiary/aromatic N) is 1. The number of carboxylic acids is 1. The van der Waals surface area contributed by atoms with Crippen LogP contribution in [0.4, 0.5) is 9.18 Å². The van der Waals surface area contributed by atoms with Crippen molar-refractivity contribution in [1.82, 2.24) is 10.2 Å². The van der Waals surface area contributed by atoms with E-state index in [0.717, 1.165) is 0 Å². The first-order chi connectivity index (χ1) is 15.9. The lowest BCUT2D eigenvalue weighted by molar-refractivity contribution is -0.157. The number of nitrogens with one attached hydrogen (secondary N) is 1. The summed E-state index contributed by atoms with van der Waals surface area (Å²) < 4.78 is 17.9. The summed E-state index contributed by atoms with van der Waals surface area (Å²) in [6, 6.07) is 3.64. The molecule has 3 amide bonds. The van der Waals surface area contributed by atoms with Crippen molar-refractivity contribution in [2.24, 2.45) is 11.7 Å². The van der Waals surface area contributed by atoms with Gasteiger partial charge in [-0.25, -0.2) is 9.18 Å². The van der Waals surface area contributed by atoms with Crippen molar-refractivity contribution in [2.75, 3.05) is 6.67 Å². The average Bonchev–Trinajstić information content (AvgIpc) is 2.79. The topological polar surface area (TPSA) is 173 Å². The van der Waals surface area contributed by atoms with Crippen LogP contribution in [0.25, 0.3) is 0 Å². The van der Waals surface area contributed by atoms with Crippen molar-refractivity contribution in [3.63, 3.8) is 0 Å². The summed E-state index contributed by atoms with van der Waals surface area (Å²) in [4.78, 5) is 74.0. The van der Waals surface area contributed by atoms with E-state index in [9.17, 15) is 38.3 Å². The van der Waals surface area contributed by atoms with E-state index in [2.05, 4.69) is 5.32 Å². The zero-order valence-corrected chi connectivity index (χ0v) is 19.0. The Hall–Kier alpha value is -3.67. The maximum Gasteiger partial charge on any atom is 0.408 e. The number of alkyl carbamates (subject to hydrolysis) is 1. The molecule has 0 fully saturated rings. The fourth-order valence-electron chi connectivity index (χ4n) is 2.91. The number of benzene rings is 1. The third-order valence-electron chi connectivity index (χ3n) is 4.66. The fraction of sp³-hybridized carbons (Fsp3) is 0.455. The molecule has 0 aliphatic heterocycles. The molecule has 0 aromatic heterocycles. The summed E-state index contributed by atoms with van der Waals surface area (Å²) in [6.07, 6.45) is -2.18. The van der Waals surface area contributed by atoms with Crippen LogP contribution < -0.4 is 11.1 Å². The Morgan fingerprint density at radius 1 is 1.06 bits per heavy atom. The van der Waals surface area contributed by atoms with E-state index < -0.39 is 72.6 Å². The van der Waals surface area contributed by atoms with Gasteiger partial charge < -0.3 is 20.9 Å². The number of Topliss-reactive ketones (excluding diaryl/α,β-unsaturated/α-hetero) is 2. The van der Waals surface area contributed by atoms with Crippen molar-refractivity contribution < 1.29 is 43.0 Å². The third-order valence-corrected chi connectivity index (χ3v) is 4.66. The van der Waals surface area contributed by atoms with E-state index in [4.69, 9.17) is 10.5 Å². The highest BCUT2D eigenvalue weighted by Crippen LogP contribution is 2.16. The molecule has 3 unspecified atom stereocenters. The lowest BCUT2D eigenvalue weighted by Gasteiger charge is -2.33. The predicted octanol–water partition coefficient (Wildman–Crippen LogP) is 0.591. The van der Waals surface area contributed by atoms with E-state index in [-0.39, 0.29) is 11.5 Å². The number of amides is 3. The lowest BCUT2D eigenvalue weighted by Crippen LogP contribution is -2.61. The molecule has 0 aliphatic carbocycles. The van der Waals surface area contributed by atoms with Crippen molar-refractivity contribution in [1.29, 1.82) is 0 Å². The van der Waals surface area contributed by atoms with Crippen LogP contribution in [0.15, 0.2) is 30.3 Å². The van der Waals surface area contributed by atoms with Crippen LogP contribution in [-0.2, 0) is 35.3 Å². The van der Waals surface area contributed by atoms with Crippen LogP contribution >= 0.6 is 0 Å². The van der Waals surface area contributed by atoms with E-state index in [1.807, 2.05) is 0 Å². The highest BCUT2D eigenvalue weighted by Gasteiger charge is 2.43. The van der Waals surface area contributed by atoms with Crippen LogP contribution in [0.1, 0.15) is 32.8 Å². The summed E-state index contributed by atoms with van der Waals surface area (Å²) in [5.41, 5.74) is 6.23. The molecular formula is C22H28FN3O8. The quantitative estimate of drug-likeness (QED) is 0.361. The Labute approximate surface area is 195 Å². The molecule has 0 saturated carbocycles. The first kappa shape index (κ1) is 28.4. The number of carbonyl (C=O) groups is 6. The van der Waals surface area contributed by atoms with Crippen molar-refractivity contribution in [2.45, 2.75) is 51.9 Å². The zero-order valence-electron chi connectivity index (χ0n) is 19.0. The van der Waals surface area contributed by atoms with Gasteiger partial charge >= 0.3 is 12.1 Å². The minimum Gasteiger partial charge on any atom is -0.481 e. The second kappa shape index (κ2) is 13.1. The summed E-state index contributed by atoms with van der Waals surface area (Å²) in [6.45, 7) is 2.32. The Morgan fingerprint density at radius 2 is 1.65 bits per heavy atom. The summed E-state index contributed by atoms with van der Waals surface area (Å²) in [7, 11) is 0. The summed E-state index contributed by atoms with van der Waals surface area (Å²) in [5, 5.41) is 11.5. The number of ketones is 2. The Bertz CT molecular complexity index is 920. The molecule has 4 N–H and O–H groups in total. The lowest BCUT2D eigenvalue weighted by atomic mass is 9.98. The third kappa shape index (κ3) is 8.03. The molecule has 1 aromatic rings. The molecular weight excluding hydrogens is 453 g/mol. The van der Waals surface area contributed by atoms with E-state index in [1.54, 1.807) is 30.3 Å². The number of nitrogens with two attached hydrogens (primary N) is 1. The second-order valence-corrected chi connectivity index (χ2v) is 7.80. The molecule has 0 saturated heterocycles. The van der Waals surface area contributed by atoms with Crippen LogP contribution in [0.5, 0.6) is 0 Å². The van der Waals surface area contributed by atoms with Gasteiger partial charge in [-0.3, -0.25) is 28.9 Å². The molecule has 1 rings (SSSR count). The number of alkyl halides is 1. The highest BCUT2D eigenvalue weighted by molar-refractivity contribution is 6.40. The Balaban J connectivity index is 3.25. The van der Waals surface area contributed by atoms with Gasteiger partial charge in [0.15, 0.2) is 6.67 Å². The Kier molecular flexibility index (Phi) is 11.0. The minimum atomic E-state index is -2.14. The molecule has 3 atom stereocenters. The van der Waals surface area contributed by atoms with Crippen LogP contribution in [0.3, 0.4) is 0 Å². The molecule has 1 aromatic carbocycles. The number of rotatable bonds is 12. The van der Waals surface area contributed by atoms with Gasteiger partial charge in [0, 0.05) is 0 Å². The molecule has 0 heterocycles. The molecule has 0 spiro atoms. The zero-order chi connectivity index (χ0) is 26.0. The van der Waals surface area contributed by atoms with Crippen LogP contribution in [-0.4, -0.2) is 70.2 Å². The number of aliphatic carboxylic acids is 1. The maximum absolute atomic E-state index is 13.3. The van der Waals surface area contributed by atoms with Gasteiger partial charge in [-0.15, -0.1) is 0 Å². The molecule has 0 radical (unpaired) electrons. The number of imide groups is 1. The number of hydrogen-bond acceptors (Lipinski definition) is 8. The molecule has 0 aliphatic rings. The second-order valence-electron chi connectivity index (χ2n) is 7.80. The first-order valence-electron chi connectivity index (χ1n) is 10.3. The standard InChI is InChI=1S/C22H28FN3O8/c1-12(2)18(25-22(33)34-11-14-7-5-4-6-8-14)21(32)26(20(31)13(3)24)15(9-17(28)29)19(30)16(27)10-23/h4-8,12-13,15,18H,9-11,24H2,1-3H3,(H,25,33)(H,28,29). The van der Waals surface area contributed by atoms with E-state index >= 15 is 0 Å². The molecule has 11 nitrogen and oxygen atoms in total. The van der Waals surface area contributed by atoms with Crippen molar-refractivity contribution in [3.05, 3.63) is 35.9 Å². The highest BCUT2D eigenvalue weighted by atomic mass is 19.1. The normalized spacial score (nSPS) is 13.4. The van der Waals surface area contributed by atoms with Gasteiger partial charge in [0.1, 0.15) is 18.7 Å². The molecule has 0 bridgehead atoms. The van der Waals surface area contributed by atoms with Gasteiger partial charge in [0.05, 0.1) is 12.5 Å². The molecule has 186 valence electrons. The number of ether oxygens (including phenoxy) is 1. The number of carbonyl (C=O) groups excluding carboxylic acids is 5. The number of carboxylic acid groups (broad SMARTS) is 1. The van der Waals surface area contributed by atoms with Gasteiger partial charge in [-0.1, -0.05) is 44.2 Å². The fourth-order valence-corrected chi connectivity index (χ4v) is 2.91. The van der Waals surface area contributed by atoms with Crippen molar-refractivity contribution >= 4 is 35.4 Å². The van der Waals surface area contributed by atoms with Crippen molar-refractivity contribution in [3.8, 4) is 0 Å². The first-order valence-corrected chi connectivity index (χ1v) is 10.3. The Morgan fingerprint density at radius 3 is 2.12 bits per heavy atom. The van der Waals surface area contributed by atoms with E-state index in [1.165, 1.54) is 20.8 Å². The van der Waals surface area contributed by atoms with Gasteiger partial charge in [0.2, 0.25) is 17.5 Å². The van der Waals surface area contributed by atoms with E-state index in [0.29, 0.717) is 5.56 Å². The minimum absolute atomic E-state index is 0.126. The largest absolute Gasteiger partial charge is 0.481 e. The molecule has 34 heavy (non-hydrogen) atoms. The summed E-state index contributed by atoms with van der Waals surface area (Å²) in [5.74, 6) is -7.87. The predicted molar refractivity (Wildman–Crippen MR) is 116 cm³/mol. The SMILES string of the molecule is CC(N)C(=O)N(C(=O)C(NC(=O)OCc1ccccc1)C(C)C)C(CC(=O)O)C(=O)C(=O)CF.